The molecule has 4 nitrogen and oxygen atoms in total. The van der Waals surface area contributed by atoms with Crippen molar-refractivity contribution in [1.29, 1.82) is 0 Å². The second-order valence-electron chi connectivity index (χ2n) is 7.88. The molecule has 0 radical (unpaired) electrons. The van der Waals surface area contributed by atoms with E-state index in [1.165, 1.54) is 7.11 Å². The number of methoxy groups -OCH3 is 1. The van der Waals surface area contributed by atoms with Gasteiger partial charge in [-0.1, -0.05) is 50.4 Å². The van der Waals surface area contributed by atoms with Crippen LogP contribution in [-0.4, -0.2) is 19.6 Å². The first-order valence-corrected chi connectivity index (χ1v) is 10.4. The molecule has 1 aromatic carbocycles. The Balaban J connectivity index is 2.27. The van der Waals surface area contributed by atoms with Crippen molar-refractivity contribution in [2.45, 2.75) is 46.8 Å². The van der Waals surface area contributed by atoms with Crippen molar-refractivity contribution in [1.82, 2.24) is 0 Å². The summed E-state index contributed by atoms with van der Waals surface area (Å²) in [6, 6.07) is 0. The molecule has 168 valence electrons. The number of hydrogen-bond donors (Lipinski definition) is 1. The van der Waals surface area contributed by atoms with E-state index in [-0.39, 0.29) is 21.7 Å². The van der Waals surface area contributed by atoms with Crippen molar-refractivity contribution in [2.75, 3.05) is 19.0 Å². The van der Waals surface area contributed by atoms with Gasteiger partial charge in [0.05, 0.1) is 29.3 Å². The van der Waals surface area contributed by atoms with Gasteiger partial charge in [0, 0.05) is 13.7 Å². The van der Waals surface area contributed by atoms with Crippen molar-refractivity contribution in [3.05, 3.63) is 39.1 Å². The maximum Gasteiger partial charge on any atom is 0.310 e. The smallest absolute Gasteiger partial charge is 0.310 e. The Bertz CT molecular complexity index is 826. The number of carbonyl (C=O) groups excluding carboxylic acids is 1. The third-order valence-corrected chi connectivity index (χ3v) is 5.71. The second kappa shape index (κ2) is 10.2. The highest BCUT2D eigenvalue weighted by atomic mass is 35.5. The number of rotatable bonds is 10. The van der Waals surface area contributed by atoms with Crippen LogP contribution in [0.15, 0.2) is 10.6 Å². The summed E-state index contributed by atoms with van der Waals surface area (Å²) in [6.45, 7) is 4.93. The van der Waals surface area contributed by atoms with Crippen molar-refractivity contribution >= 4 is 34.9 Å². The largest absolute Gasteiger partial charge is 0.460 e. The quantitative estimate of drug-likeness (QED) is 0.256. The van der Waals surface area contributed by atoms with Crippen LogP contribution in [-0.2, 0) is 27.5 Å². The number of carbonyl (C=O) groups is 1. The maximum atomic E-state index is 14.9. The van der Waals surface area contributed by atoms with Crippen molar-refractivity contribution in [2.24, 2.45) is 17.3 Å². The van der Waals surface area contributed by atoms with Gasteiger partial charge in [-0.05, 0) is 23.8 Å². The molecule has 0 saturated heterocycles. The van der Waals surface area contributed by atoms with E-state index in [4.69, 9.17) is 32.7 Å². The van der Waals surface area contributed by atoms with Gasteiger partial charge >= 0.3 is 5.97 Å². The van der Waals surface area contributed by atoms with E-state index in [9.17, 15) is 18.0 Å². The van der Waals surface area contributed by atoms with E-state index >= 15 is 0 Å². The highest BCUT2D eigenvalue weighted by Crippen LogP contribution is 2.60. The SMILES string of the molecule is CCCCNc1c(F)c(COC)c(F)c(F)c1COC(=O)[C@H]1[C@H](C=C(Cl)Cl)C1(C)C. The minimum atomic E-state index is -1.36. The Morgan fingerprint density at radius 2 is 1.77 bits per heavy atom. The van der Waals surface area contributed by atoms with E-state index in [0.29, 0.717) is 13.0 Å². The zero-order chi connectivity index (χ0) is 22.6. The summed E-state index contributed by atoms with van der Waals surface area (Å²) in [6.07, 6.45) is 3.06. The molecule has 1 N–H and O–H groups in total. The van der Waals surface area contributed by atoms with E-state index in [2.05, 4.69) is 5.32 Å². The topological polar surface area (TPSA) is 47.6 Å². The van der Waals surface area contributed by atoms with Crippen molar-refractivity contribution in [3.8, 4) is 0 Å². The molecule has 9 heteroatoms. The number of unbranched alkanes of at least 4 members (excludes halogenated alkanes) is 1. The fourth-order valence-corrected chi connectivity index (χ4v) is 3.81. The summed E-state index contributed by atoms with van der Waals surface area (Å²) < 4.78 is 54.1. The van der Waals surface area contributed by atoms with Crippen LogP contribution >= 0.6 is 23.2 Å². The lowest BCUT2D eigenvalue weighted by atomic mass is 10.1. The van der Waals surface area contributed by atoms with Gasteiger partial charge < -0.3 is 14.8 Å². The number of allylic oxidation sites excluding steroid dienone is 1. The molecule has 1 aliphatic rings. The zero-order valence-electron chi connectivity index (χ0n) is 17.4. The van der Waals surface area contributed by atoms with Crippen LogP contribution in [0.2, 0.25) is 0 Å². The molecule has 0 heterocycles. The van der Waals surface area contributed by atoms with Crippen molar-refractivity contribution in [3.63, 3.8) is 0 Å². The average Bonchev–Trinajstić information content (AvgIpc) is 3.21. The van der Waals surface area contributed by atoms with Gasteiger partial charge in [-0.15, -0.1) is 0 Å². The fourth-order valence-electron chi connectivity index (χ4n) is 3.54. The Hall–Kier alpha value is -1.44. The number of anilines is 1. The fraction of sp³-hybridized carbons (Fsp3) is 0.571. The van der Waals surface area contributed by atoms with E-state index in [1.54, 1.807) is 6.08 Å². The van der Waals surface area contributed by atoms with Crippen LogP contribution in [0.3, 0.4) is 0 Å². The number of esters is 1. The molecule has 1 fully saturated rings. The van der Waals surface area contributed by atoms with Crippen LogP contribution in [0.5, 0.6) is 0 Å². The molecule has 0 bridgehead atoms. The Labute approximate surface area is 184 Å². The van der Waals surface area contributed by atoms with Gasteiger partial charge in [-0.3, -0.25) is 4.79 Å². The van der Waals surface area contributed by atoms with E-state index < -0.39 is 53.5 Å². The van der Waals surface area contributed by atoms with Gasteiger partial charge in [-0.2, -0.15) is 0 Å². The monoisotopic (exact) mass is 467 g/mol. The Morgan fingerprint density at radius 3 is 2.33 bits per heavy atom. The maximum absolute atomic E-state index is 14.9. The number of nitrogens with one attached hydrogen (secondary N) is 1. The van der Waals surface area contributed by atoms with Crippen LogP contribution < -0.4 is 5.32 Å². The third-order valence-electron chi connectivity index (χ3n) is 5.46. The summed E-state index contributed by atoms with van der Waals surface area (Å²) in [5.74, 6) is -4.98. The lowest BCUT2D eigenvalue weighted by Gasteiger charge is -2.18. The van der Waals surface area contributed by atoms with Crippen LogP contribution in [0.4, 0.5) is 18.9 Å². The minimum Gasteiger partial charge on any atom is -0.460 e. The molecule has 1 saturated carbocycles. The van der Waals surface area contributed by atoms with E-state index in [0.717, 1.165) is 6.42 Å². The molecule has 1 aromatic rings. The molecule has 2 atom stereocenters. The minimum absolute atomic E-state index is 0.0368. The first kappa shape index (κ1) is 24.8. The summed E-state index contributed by atoms with van der Waals surface area (Å²) in [4.78, 5) is 12.5. The standard InChI is InChI=1S/C21H26Cl2F3NO3/c1-5-6-7-27-19-12(17(25)16(24)11(9-29-4)18(19)26)10-30-20(28)15-13(8-14(22)23)21(15,2)3/h8,13,15,27H,5-7,9-10H2,1-4H3/t13-,15+/m0/s1. The van der Waals surface area contributed by atoms with Gasteiger partial charge in [0.15, 0.2) is 17.5 Å². The van der Waals surface area contributed by atoms with Gasteiger partial charge in [-0.25, -0.2) is 13.2 Å². The summed E-state index contributed by atoms with van der Waals surface area (Å²) >= 11 is 11.4. The Morgan fingerprint density at radius 1 is 1.13 bits per heavy atom. The normalized spacial score (nSPS) is 19.4. The Kier molecular flexibility index (Phi) is 8.48. The molecule has 2 rings (SSSR count). The zero-order valence-corrected chi connectivity index (χ0v) is 18.9. The lowest BCUT2D eigenvalue weighted by Crippen LogP contribution is -2.16. The molecule has 30 heavy (non-hydrogen) atoms. The van der Waals surface area contributed by atoms with Crippen LogP contribution in [0.1, 0.15) is 44.7 Å². The number of ether oxygens (including phenoxy) is 2. The van der Waals surface area contributed by atoms with Crippen LogP contribution in [0, 0.1) is 34.7 Å². The molecule has 0 aliphatic heterocycles. The highest BCUT2D eigenvalue weighted by Gasteiger charge is 2.61. The molecule has 0 aromatic heterocycles. The predicted molar refractivity (Wildman–Crippen MR) is 111 cm³/mol. The van der Waals surface area contributed by atoms with Crippen molar-refractivity contribution < 1.29 is 27.4 Å². The summed E-state index contributed by atoms with van der Waals surface area (Å²) in [5.41, 5.74) is -1.56. The molecule has 0 amide bonds. The first-order chi connectivity index (χ1) is 14.1. The van der Waals surface area contributed by atoms with E-state index in [1.807, 2.05) is 20.8 Å². The summed E-state index contributed by atoms with van der Waals surface area (Å²) in [7, 11) is 1.26. The molecule has 0 unspecified atom stereocenters. The third kappa shape index (κ3) is 5.24. The summed E-state index contributed by atoms with van der Waals surface area (Å²) in [5, 5.41) is 2.80. The van der Waals surface area contributed by atoms with Gasteiger partial charge in [0.2, 0.25) is 0 Å². The molecule has 1 aliphatic carbocycles. The molecular formula is C21H26Cl2F3NO3. The highest BCUT2D eigenvalue weighted by molar-refractivity contribution is 6.55. The molecular weight excluding hydrogens is 442 g/mol. The lowest BCUT2D eigenvalue weighted by molar-refractivity contribution is -0.147. The predicted octanol–water partition coefficient (Wildman–Crippen LogP) is 6.10. The van der Waals surface area contributed by atoms with Gasteiger partial charge in [0.25, 0.3) is 0 Å². The van der Waals surface area contributed by atoms with Crippen LogP contribution in [0.25, 0.3) is 0 Å². The second-order valence-corrected chi connectivity index (χ2v) is 8.88. The number of halogens is 5. The average molecular weight is 468 g/mol. The number of hydrogen-bond acceptors (Lipinski definition) is 4. The number of benzene rings is 1. The molecule has 0 spiro atoms. The first-order valence-electron chi connectivity index (χ1n) is 9.68. The van der Waals surface area contributed by atoms with Gasteiger partial charge in [0.1, 0.15) is 11.1 Å².